The number of hydrogen-bond acceptors (Lipinski definition) is 7. The highest BCUT2D eigenvalue weighted by atomic mass is 35.5. The molecule has 3 N–H and O–H groups in total. The number of nitrogens with zero attached hydrogens (tertiary/aromatic N) is 5. The molecular formula is C37H40ClFN6O3S. The van der Waals surface area contributed by atoms with Crippen LogP contribution in [0.15, 0.2) is 64.2 Å². The number of carbonyl (C=O) groups is 1. The van der Waals surface area contributed by atoms with Gasteiger partial charge in [-0.3, -0.25) is 9.69 Å². The van der Waals surface area contributed by atoms with Gasteiger partial charge in [0.1, 0.15) is 17.3 Å². The van der Waals surface area contributed by atoms with Crippen LogP contribution in [0.5, 0.6) is 5.75 Å². The molecule has 1 aliphatic rings. The summed E-state index contributed by atoms with van der Waals surface area (Å²) in [6.07, 6.45) is 7.86. The molecule has 1 saturated heterocycles. The van der Waals surface area contributed by atoms with Gasteiger partial charge in [0.05, 0.1) is 17.8 Å². The van der Waals surface area contributed by atoms with E-state index in [1.165, 1.54) is 12.1 Å². The molecular weight excluding hydrogens is 663 g/mol. The van der Waals surface area contributed by atoms with Crippen LogP contribution in [0.25, 0.3) is 27.8 Å². The third-order valence-corrected chi connectivity index (χ3v) is 10.2. The number of benzene rings is 3. The molecule has 0 atom stereocenters. The molecule has 0 aliphatic carbocycles. The number of rotatable bonds is 12. The van der Waals surface area contributed by atoms with Gasteiger partial charge in [0.2, 0.25) is 0 Å². The summed E-state index contributed by atoms with van der Waals surface area (Å²) < 4.78 is 24.2. The highest BCUT2D eigenvalue weighted by molar-refractivity contribution is 7.98. The molecule has 0 bridgehead atoms. The molecule has 0 unspecified atom stereocenters. The second-order valence-electron chi connectivity index (χ2n) is 12.1. The number of aromatic carboxylic acids is 1. The first kappa shape index (κ1) is 34.5. The van der Waals surface area contributed by atoms with Crippen LogP contribution in [0.1, 0.15) is 65.6 Å². The number of carboxylic acid groups (broad SMARTS) is 1. The van der Waals surface area contributed by atoms with E-state index in [1.807, 2.05) is 54.0 Å². The van der Waals surface area contributed by atoms with Gasteiger partial charge >= 0.3 is 5.97 Å². The quantitative estimate of drug-likeness (QED) is 0.0767. The van der Waals surface area contributed by atoms with Crippen molar-refractivity contribution in [2.75, 3.05) is 13.2 Å². The van der Waals surface area contributed by atoms with Crippen molar-refractivity contribution in [3.8, 4) is 5.75 Å². The Balaban J connectivity index is 1.25. The molecule has 0 spiro atoms. The van der Waals surface area contributed by atoms with E-state index in [-0.39, 0.29) is 11.5 Å². The highest BCUT2D eigenvalue weighted by Crippen LogP contribution is 2.37. The number of fused-ring (bicyclic) bond motifs is 2. The van der Waals surface area contributed by atoms with Gasteiger partial charge in [-0.2, -0.15) is 10.2 Å². The zero-order chi connectivity index (χ0) is 34.7. The van der Waals surface area contributed by atoms with Crippen LogP contribution in [0, 0.1) is 5.82 Å². The summed E-state index contributed by atoms with van der Waals surface area (Å²) in [6.45, 7) is 3.44. The fourth-order valence-electron chi connectivity index (χ4n) is 6.59. The maximum atomic E-state index is 14.3. The van der Waals surface area contributed by atoms with Gasteiger partial charge in [0.25, 0.3) is 0 Å². The Bertz CT molecular complexity index is 2090. The number of nitrogens with two attached hydrogens (primary N) is 1. The van der Waals surface area contributed by atoms with Gasteiger partial charge in [-0.25, -0.2) is 9.18 Å². The summed E-state index contributed by atoms with van der Waals surface area (Å²) in [5.74, 6) is -0.00290. The number of hydrogen-bond donors (Lipinski definition) is 2. The van der Waals surface area contributed by atoms with Gasteiger partial charge in [0.15, 0.2) is 0 Å². The first-order valence-corrected chi connectivity index (χ1v) is 17.7. The molecule has 256 valence electrons. The summed E-state index contributed by atoms with van der Waals surface area (Å²) >= 11 is 8.39. The van der Waals surface area contributed by atoms with E-state index in [4.69, 9.17) is 22.1 Å². The number of hydrazone groups is 1. The van der Waals surface area contributed by atoms with Crippen LogP contribution < -0.4 is 10.5 Å². The van der Waals surface area contributed by atoms with E-state index in [0.29, 0.717) is 42.5 Å². The number of thioether (sulfide) groups is 1. The van der Waals surface area contributed by atoms with E-state index in [1.54, 1.807) is 35.7 Å². The van der Waals surface area contributed by atoms with Gasteiger partial charge in [-0.15, -0.1) is 11.8 Å². The molecule has 3 aromatic carbocycles. The van der Waals surface area contributed by atoms with Crippen molar-refractivity contribution in [1.82, 2.24) is 19.4 Å². The lowest BCUT2D eigenvalue weighted by Gasteiger charge is -2.27. The highest BCUT2D eigenvalue weighted by Gasteiger charge is 2.24. The first-order chi connectivity index (χ1) is 23.7. The van der Waals surface area contributed by atoms with Crippen molar-refractivity contribution < 1.29 is 19.0 Å². The number of aryl methyl sites for hydroxylation is 3. The normalized spacial score (nSPS) is 14.6. The lowest BCUT2D eigenvalue weighted by Crippen LogP contribution is -2.22. The van der Waals surface area contributed by atoms with Crippen LogP contribution in [0.4, 0.5) is 4.39 Å². The number of carboxylic acids is 1. The Morgan fingerprint density at radius 1 is 1.16 bits per heavy atom. The average molecular weight is 703 g/mol. The Hall–Kier alpha value is -4.32. The second-order valence-corrected chi connectivity index (χ2v) is 13.6. The second kappa shape index (κ2) is 15.1. The van der Waals surface area contributed by atoms with E-state index >= 15 is 0 Å². The minimum atomic E-state index is -0.996. The summed E-state index contributed by atoms with van der Waals surface area (Å²) in [5.41, 5.74) is 11.2. The Morgan fingerprint density at radius 3 is 2.73 bits per heavy atom. The topological polar surface area (TPSA) is 111 Å². The molecule has 1 aliphatic heterocycles. The first-order valence-electron chi connectivity index (χ1n) is 16.4. The van der Waals surface area contributed by atoms with E-state index in [9.17, 15) is 14.3 Å². The third-order valence-electron chi connectivity index (χ3n) is 8.90. The average Bonchev–Trinajstić information content (AvgIpc) is 3.59. The third kappa shape index (κ3) is 7.34. The fourth-order valence-corrected chi connectivity index (χ4v) is 7.79. The summed E-state index contributed by atoms with van der Waals surface area (Å²) in [6, 6.07) is 14.4. The lowest BCUT2D eigenvalue weighted by molar-refractivity contribution is 0.0685. The van der Waals surface area contributed by atoms with Crippen molar-refractivity contribution >= 4 is 63.3 Å². The molecule has 0 saturated carbocycles. The molecule has 12 heteroatoms. The maximum absolute atomic E-state index is 14.3. The van der Waals surface area contributed by atoms with Crippen molar-refractivity contribution in [2.45, 2.75) is 56.2 Å². The van der Waals surface area contributed by atoms with Crippen LogP contribution in [-0.4, -0.2) is 49.8 Å². The molecule has 3 heterocycles. The van der Waals surface area contributed by atoms with Crippen molar-refractivity contribution in [2.24, 2.45) is 24.9 Å². The predicted molar refractivity (Wildman–Crippen MR) is 196 cm³/mol. The van der Waals surface area contributed by atoms with Crippen LogP contribution in [0.3, 0.4) is 0 Å². The van der Waals surface area contributed by atoms with Crippen LogP contribution in [0.2, 0.25) is 5.02 Å². The van der Waals surface area contributed by atoms with E-state index < -0.39 is 5.97 Å². The maximum Gasteiger partial charge on any atom is 0.352 e. The Kier molecular flexibility index (Phi) is 10.6. The number of ether oxygens (including phenoxy) is 1. The van der Waals surface area contributed by atoms with Crippen LogP contribution in [-0.2, 0) is 32.8 Å². The number of aromatic nitrogens is 3. The number of piperidine rings is 1. The Morgan fingerprint density at radius 2 is 1.98 bits per heavy atom. The molecule has 5 aromatic rings. The lowest BCUT2D eigenvalue weighted by atomic mass is 10.0. The number of halogens is 2. The standard InChI is InChI=1S/C37H40ClFN6O3S/c1-4-41-45-14-6-5-8-26(45)19-32-33(38)13-12-31-30(36(37(46)47)43(2)35(31)32)9-7-15-48-34-20-28(17-23-16-24(39)10-11-29(23)34)49-22-27-18-25(21-40)42-44(27)3/h4,10-13,16-20H,5-9,14-15,21-22,40H2,1-3H3,(H,46,47)/b26-19+,41-4+. The molecule has 2 aromatic heterocycles. The fraction of sp³-hybridized carbons (Fsp3) is 0.324. The summed E-state index contributed by atoms with van der Waals surface area (Å²) in [4.78, 5) is 13.6. The molecule has 0 amide bonds. The molecule has 6 rings (SSSR count). The van der Waals surface area contributed by atoms with E-state index in [0.717, 1.165) is 80.6 Å². The van der Waals surface area contributed by atoms with E-state index in [2.05, 4.69) is 16.3 Å². The summed E-state index contributed by atoms with van der Waals surface area (Å²) in [7, 11) is 3.67. The molecule has 9 nitrogen and oxygen atoms in total. The smallest absolute Gasteiger partial charge is 0.352 e. The molecule has 0 radical (unpaired) electrons. The van der Waals surface area contributed by atoms with Gasteiger partial charge < -0.3 is 20.1 Å². The summed E-state index contributed by atoms with van der Waals surface area (Å²) in [5, 5.41) is 24.3. The van der Waals surface area contributed by atoms with Gasteiger partial charge in [-0.05, 0) is 98.5 Å². The molecule has 49 heavy (non-hydrogen) atoms. The zero-order valence-electron chi connectivity index (χ0n) is 27.9. The van der Waals surface area contributed by atoms with Gasteiger partial charge in [-0.1, -0.05) is 17.7 Å². The zero-order valence-corrected chi connectivity index (χ0v) is 29.5. The largest absolute Gasteiger partial charge is 0.493 e. The Labute approximate surface area is 294 Å². The van der Waals surface area contributed by atoms with Gasteiger partial charge in [0, 0.05) is 76.8 Å². The minimum Gasteiger partial charge on any atom is -0.493 e. The SMILES string of the molecule is C/C=N/N1CCCC/C1=C\c1c(Cl)ccc2c(CCCOc3cc(SCc4cc(CN)nn4C)cc4cc(F)ccc34)c(C(=O)O)n(C)c12. The van der Waals surface area contributed by atoms with Crippen molar-refractivity contribution in [3.05, 3.63) is 93.3 Å². The van der Waals surface area contributed by atoms with Crippen LogP contribution >= 0.6 is 23.4 Å². The number of allylic oxidation sites excluding steroid dienone is 1. The molecule has 1 fully saturated rings. The minimum absolute atomic E-state index is 0.233. The van der Waals surface area contributed by atoms with Crippen molar-refractivity contribution in [1.29, 1.82) is 0 Å². The predicted octanol–water partition coefficient (Wildman–Crippen LogP) is 8.15. The van der Waals surface area contributed by atoms with Crippen molar-refractivity contribution in [3.63, 3.8) is 0 Å². The monoisotopic (exact) mass is 702 g/mol.